The van der Waals surface area contributed by atoms with Crippen molar-refractivity contribution in [3.63, 3.8) is 0 Å². The highest BCUT2D eigenvalue weighted by molar-refractivity contribution is 5.43. The van der Waals surface area contributed by atoms with Gasteiger partial charge in [0.2, 0.25) is 0 Å². The molecule has 19 heteroatoms. The fourth-order valence-corrected chi connectivity index (χ4v) is 2.12. The second-order valence-corrected chi connectivity index (χ2v) is 6.22. The third-order valence-corrected chi connectivity index (χ3v) is 4.04. The van der Waals surface area contributed by atoms with Crippen LogP contribution in [0.2, 0.25) is 0 Å². The molecule has 0 unspecified atom stereocenters. The number of phenols is 2. The molecular formula is C14H5F17O2. The van der Waals surface area contributed by atoms with E-state index < -0.39 is 70.8 Å². The van der Waals surface area contributed by atoms with Crippen LogP contribution in [0, 0.1) is 0 Å². The zero-order valence-electron chi connectivity index (χ0n) is 14.6. The van der Waals surface area contributed by atoms with E-state index in [4.69, 9.17) is 10.2 Å². The Morgan fingerprint density at radius 1 is 0.455 bits per heavy atom. The van der Waals surface area contributed by atoms with Crippen molar-refractivity contribution >= 4 is 0 Å². The van der Waals surface area contributed by atoms with Gasteiger partial charge in [0.1, 0.15) is 11.5 Å². The van der Waals surface area contributed by atoms with Gasteiger partial charge in [-0.05, 0) is 12.1 Å². The molecule has 2 nitrogen and oxygen atoms in total. The summed E-state index contributed by atoms with van der Waals surface area (Å²) >= 11 is 0. The largest absolute Gasteiger partial charge is 0.508 e. The van der Waals surface area contributed by atoms with E-state index in [1.807, 2.05) is 0 Å². The smallest absolute Gasteiger partial charge is 0.460 e. The Hall–Kier alpha value is -2.37. The van der Waals surface area contributed by atoms with Crippen molar-refractivity contribution in [1.82, 2.24) is 0 Å². The van der Waals surface area contributed by atoms with Crippen LogP contribution in [0.3, 0.4) is 0 Å². The first kappa shape index (κ1) is 28.7. The summed E-state index contributed by atoms with van der Waals surface area (Å²) in [5, 5.41) is 17.9. The fraction of sp³-hybridized carbons (Fsp3) is 0.571. The lowest BCUT2D eigenvalue weighted by Gasteiger charge is -2.42. The molecule has 0 heterocycles. The first-order valence-electron chi connectivity index (χ1n) is 7.40. The third-order valence-electron chi connectivity index (χ3n) is 4.04. The maximum Gasteiger partial charge on any atom is 0.460 e. The van der Waals surface area contributed by atoms with Gasteiger partial charge in [-0.1, -0.05) is 0 Å². The van der Waals surface area contributed by atoms with Gasteiger partial charge in [-0.2, -0.15) is 74.6 Å². The highest BCUT2D eigenvalue weighted by atomic mass is 19.4. The Morgan fingerprint density at radius 3 is 1.12 bits per heavy atom. The molecule has 0 aliphatic heterocycles. The van der Waals surface area contributed by atoms with Crippen LogP contribution in [-0.4, -0.2) is 51.9 Å². The van der Waals surface area contributed by atoms with E-state index in [2.05, 4.69) is 0 Å². The summed E-state index contributed by atoms with van der Waals surface area (Å²) in [5.74, 6) is -61.0. The van der Waals surface area contributed by atoms with E-state index in [1.165, 1.54) is 0 Å². The predicted octanol–water partition coefficient (Wildman–Crippen LogP) is 6.56. The minimum absolute atomic E-state index is 0.0536. The quantitative estimate of drug-likeness (QED) is 0.394. The van der Waals surface area contributed by atoms with Crippen molar-refractivity contribution in [2.24, 2.45) is 0 Å². The van der Waals surface area contributed by atoms with Gasteiger partial charge in [0, 0.05) is 6.07 Å². The molecule has 0 saturated carbocycles. The molecule has 1 rings (SSSR count). The molecule has 0 aliphatic rings. The molecule has 2 N–H and O–H groups in total. The van der Waals surface area contributed by atoms with Gasteiger partial charge >= 0.3 is 47.6 Å². The summed E-state index contributed by atoms with van der Waals surface area (Å²) < 4.78 is 224. The maximum atomic E-state index is 13.9. The zero-order chi connectivity index (χ0) is 26.9. The van der Waals surface area contributed by atoms with E-state index in [1.54, 1.807) is 0 Å². The van der Waals surface area contributed by atoms with Gasteiger partial charge in [-0.3, -0.25) is 0 Å². The highest BCUT2D eigenvalue weighted by Gasteiger charge is 2.95. The maximum absolute atomic E-state index is 13.9. The van der Waals surface area contributed by atoms with Gasteiger partial charge in [-0.25, -0.2) is 0 Å². The van der Waals surface area contributed by atoms with Crippen molar-refractivity contribution in [1.29, 1.82) is 0 Å². The molecule has 192 valence electrons. The summed E-state index contributed by atoms with van der Waals surface area (Å²) in [6.45, 7) is 0. The number of alkyl halides is 17. The minimum Gasteiger partial charge on any atom is -0.508 e. The summed E-state index contributed by atoms with van der Waals surface area (Å²) in [6, 6.07) is -0.860. The Labute approximate surface area is 169 Å². The van der Waals surface area contributed by atoms with Crippen LogP contribution in [0.4, 0.5) is 74.6 Å². The van der Waals surface area contributed by atoms with Crippen LogP contribution in [0.5, 0.6) is 11.5 Å². The summed E-state index contributed by atoms with van der Waals surface area (Å²) in [7, 11) is 0. The van der Waals surface area contributed by atoms with Crippen molar-refractivity contribution in [3.8, 4) is 11.5 Å². The highest BCUT2D eigenvalue weighted by Crippen LogP contribution is 2.65. The molecule has 1 aromatic carbocycles. The summed E-state index contributed by atoms with van der Waals surface area (Å²) in [6.07, 6.45) is -7.82. The first-order valence-corrected chi connectivity index (χ1v) is 7.40. The molecule has 0 aliphatic carbocycles. The van der Waals surface area contributed by atoms with E-state index in [0.29, 0.717) is 0 Å². The molecule has 0 amide bonds. The molecule has 0 saturated heterocycles. The Balaban J connectivity index is 3.76. The molecule has 0 spiro atoms. The summed E-state index contributed by atoms with van der Waals surface area (Å²) in [4.78, 5) is 0. The lowest BCUT2D eigenvalue weighted by molar-refractivity contribution is -0.462. The number of rotatable bonds is 7. The third kappa shape index (κ3) is 3.57. The van der Waals surface area contributed by atoms with E-state index in [9.17, 15) is 74.6 Å². The lowest BCUT2D eigenvalue weighted by atomic mass is 9.87. The van der Waals surface area contributed by atoms with Crippen LogP contribution < -0.4 is 0 Å². The van der Waals surface area contributed by atoms with Crippen molar-refractivity contribution in [2.75, 3.05) is 0 Å². The number of benzene rings is 1. The van der Waals surface area contributed by atoms with Gasteiger partial charge < -0.3 is 10.2 Å². The van der Waals surface area contributed by atoms with Gasteiger partial charge in [0.05, 0.1) is 5.56 Å². The Morgan fingerprint density at radius 2 is 0.788 bits per heavy atom. The zero-order valence-corrected chi connectivity index (χ0v) is 14.6. The number of hydrogen-bond acceptors (Lipinski definition) is 2. The van der Waals surface area contributed by atoms with Crippen LogP contribution in [0.15, 0.2) is 18.2 Å². The van der Waals surface area contributed by atoms with Crippen LogP contribution in [-0.2, 0) is 5.92 Å². The van der Waals surface area contributed by atoms with Gasteiger partial charge in [0.15, 0.2) is 0 Å². The van der Waals surface area contributed by atoms with Crippen LogP contribution >= 0.6 is 0 Å². The van der Waals surface area contributed by atoms with E-state index >= 15 is 0 Å². The van der Waals surface area contributed by atoms with Crippen LogP contribution in [0.1, 0.15) is 5.56 Å². The summed E-state index contributed by atoms with van der Waals surface area (Å²) in [5.41, 5.74) is -2.78. The number of aromatic hydroxyl groups is 2. The van der Waals surface area contributed by atoms with Gasteiger partial charge in [0.25, 0.3) is 0 Å². The van der Waals surface area contributed by atoms with E-state index in [-0.39, 0.29) is 12.1 Å². The average Bonchev–Trinajstić information content (AvgIpc) is 2.59. The normalized spacial score (nSPS) is 15.7. The second-order valence-electron chi connectivity index (χ2n) is 6.22. The molecule has 0 bridgehead atoms. The van der Waals surface area contributed by atoms with Crippen molar-refractivity contribution in [2.45, 2.75) is 47.6 Å². The second kappa shape index (κ2) is 7.31. The minimum atomic E-state index is -8.72. The van der Waals surface area contributed by atoms with Gasteiger partial charge in [-0.15, -0.1) is 0 Å². The Kier molecular flexibility index (Phi) is 6.35. The van der Waals surface area contributed by atoms with Crippen LogP contribution in [0.25, 0.3) is 0 Å². The molecule has 1 aromatic rings. The van der Waals surface area contributed by atoms with Crippen molar-refractivity contribution < 1.29 is 84.9 Å². The molecular weight excluding hydrogens is 523 g/mol. The predicted molar refractivity (Wildman–Crippen MR) is 69.4 cm³/mol. The topological polar surface area (TPSA) is 40.5 Å². The standard InChI is InChI=1S/C14H5F17O2/c15-7(16,5-2-1-4(32)3-6(5)33)8(17,18)9(19,20)10(21,22)11(23,24)12(25,26)13(27,28)14(29,30)31/h1-3,32-33H. The molecule has 0 radical (unpaired) electrons. The van der Waals surface area contributed by atoms with E-state index in [0.717, 1.165) is 0 Å². The molecule has 0 aromatic heterocycles. The molecule has 33 heavy (non-hydrogen) atoms. The first-order chi connectivity index (χ1) is 14.2. The number of hydrogen-bond donors (Lipinski definition) is 2. The molecule has 0 fully saturated rings. The average molecular weight is 528 g/mol. The Bertz CT molecular complexity index is 886. The van der Waals surface area contributed by atoms with Crippen molar-refractivity contribution in [3.05, 3.63) is 23.8 Å². The monoisotopic (exact) mass is 528 g/mol. The lowest BCUT2D eigenvalue weighted by Crippen LogP contribution is -2.74. The number of halogens is 17. The fourth-order valence-electron chi connectivity index (χ4n) is 2.12. The molecule has 0 atom stereocenters. The SMILES string of the molecule is Oc1ccc(C(F)(F)C(F)(F)C(F)(F)C(F)(F)C(F)(F)C(F)(F)C(F)(F)C(F)(F)F)c(O)c1. The number of phenolic OH excluding ortho intramolecular Hbond substituents is 2.